The van der Waals surface area contributed by atoms with Gasteiger partial charge in [-0.3, -0.25) is 4.72 Å². The Morgan fingerprint density at radius 3 is 2.37 bits per heavy atom. The smallest absolute Gasteiger partial charge is 0.262 e. The molecule has 3 aromatic carbocycles. The maximum absolute atomic E-state index is 13.3. The van der Waals surface area contributed by atoms with Crippen LogP contribution < -0.4 is 24.4 Å². The van der Waals surface area contributed by atoms with Gasteiger partial charge in [-0.15, -0.1) is 0 Å². The van der Waals surface area contributed by atoms with Crippen molar-refractivity contribution in [1.82, 2.24) is 5.32 Å². The molecular formula is C22H25N3O4S. The molecule has 1 fully saturated rings. The van der Waals surface area contributed by atoms with Crippen molar-refractivity contribution in [1.29, 1.82) is 0 Å². The van der Waals surface area contributed by atoms with Crippen LogP contribution in [-0.4, -0.2) is 48.8 Å². The average Bonchev–Trinajstić information content (AvgIpc) is 2.78. The molecule has 0 radical (unpaired) electrons. The van der Waals surface area contributed by atoms with Crippen molar-refractivity contribution in [3.05, 3.63) is 54.6 Å². The Kier molecular flexibility index (Phi) is 5.69. The molecule has 1 aliphatic rings. The zero-order valence-electron chi connectivity index (χ0n) is 17.0. The van der Waals surface area contributed by atoms with Gasteiger partial charge in [-0.25, -0.2) is 8.42 Å². The monoisotopic (exact) mass is 427 g/mol. The number of sulfonamides is 1. The summed E-state index contributed by atoms with van der Waals surface area (Å²) in [6.07, 6.45) is 0. The summed E-state index contributed by atoms with van der Waals surface area (Å²) in [6, 6.07) is 16.2. The first-order valence-corrected chi connectivity index (χ1v) is 11.2. The molecule has 3 aromatic rings. The Morgan fingerprint density at radius 1 is 0.933 bits per heavy atom. The fraction of sp³-hybridized carbons (Fsp3) is 0.273. The highest BCUT2D eigenvalue weighted by Gasteiger charge is 2.22. The van der Waals surface area contributed by atoms with Crippen LogP contribution in [0.25, 0.3) is 10.8 Å². The Morgan fingerprint density at radius 2 is 1.67 bits per heavy atom. The lowest BCUT2D eigenvalue weighted by atomic mass is 10.1. The summed E-state index contributed by atoms with van der Waals surface area (Å²) in [6.45, 7) is 3.59. The van der Waals surface area contributed by atoms with Gasteiger partial charge in [0.1, 0.15) is 11.5 Å². The van der Waals surface area contributed by atoms with E-state index in [4.69, 9.17) is 9.47 Å². The second kappa shape index (κ2) is 8.41. The molecule has 0 atom stereocenters. The largest absolute Gasteiger partial charge is 0.497 e. The van der Waals surface area contributed by atoms with E-state index in [9.17, 15) is 8.42 Å². The molecule has 8 heteroatoms. The van der Waals surface area contributed by atoms with E-state index in [-0.39, 0.29) is 4.90 Å². The van der Waals surface area contributed by atoms with Crippen LogP contribution in [0, 0.1) is 0 Å². The van der Waals surface area contributed by atoms with Crippen molar-refractivity contribution in [2.24, 2.45) is 0 Å². The third-order valence-corrected chi connectivity index (χ3v) is 6.68. The fourth-order valence-corrected chi connectivity index (χ4v) is 5.04. The minimum absolute atomic E-state index is 0.224. The number of benzene rings is 3. The van der Waals surface area contributed by atoms with E-state index in [1.165, 1.54) is 14.2 Å². The van der Waals surface area contributed by atoms with Gasteiger partial charge < -0.3 is 19.7 Å². The minimum Gasteiger partial charge on any atom is -0.497 e. The third-order valence-electron chi connectivity index (χ3n) is 5.26. The first-order valence-electron chi connectivity index (χ1n) is 9.76. The normalized spacial score (nSPS) is 14.5. The lowest BCUT2D eigenvalue weighted by Crippen LogP contribution is -2.43. The molecule has 0 amide bonds. The van der Waals surface area contributed by atoms with Crippen LogP contribution >= 0.6 is 0 Å². The summed E-state index contributed by atoms with van der Waals surface area (Å²) in [5.41, 5.74) is 1.37. The molecule has 0 unspecified atom stereocenters. The zero-order chi connectivity index (χ0) is 21.1. The van der Waals surface area contributed by atoms with Crippen LogP contribution in [0.1, 0.15) is 0 Å². The van der Waals surface area contributed by atoms with Crippen molar-refractivity contribution in [3.8, 4) is 11.5 Å². The number of nitrogens with zero attached hydrogens (tertiary/aromatic N) is 1. The number of anilines is 2. The summed E-state index contributed by atoms with van der Waals surface area (Å²) in [4.78, 5) is 2.51. The fourth-order valence-electron chi connectivity index (χ4n) is 3.76. The SMILES string of the molecule is COc1ccc(OC)c(NS(=O)(=O)c2ccc(N3CCNCC3)c3ccccc23)c1. The lowest BCUT2D eigenvalue weighted by molar-refractivity contribution is 0.405. The summed E-state index contributed by atoms with van der Waals surface area (Å²) >= 11 is 0. The Balaban J connectivity index is 1.78. The summed E-state index contributed by atoms with van der Waals surface area (Å²) in [7, 11) is -0.834. The number of ether oxygens (including phenoxy) is 2. The number of fused-ring (bicyclic) bond motifs is 1. The third kappa shape index (κ3) is 3.88. The quantitative estimate of drug-likeness (QED) is 0.629. The van der Waals surface area contributed by atoms with E-state index in [2.05, 4.69) is 14.9 Å². The van der Waals surface area contributed by atoms with Crippen LogP contribution in [0.2, 0.25) is 0 Å². The lowest BCUT2D eigenvalue weighted by Gasteiger charge is -2.30. The molecule has 30 heavy (non-hydrogen) atoms. The van der Waals surface area contributed by atoms with Gasteiger partial charge in [0, 0.05) is 48.7 Å². The highest BCUT2D eigenvalue weighted by Crippen LogP contribution is 2.35. The number of piperazine rings is 1. The predicted octanol–water partition coefficient (Wildman–Crippen LogP) is 3.07. The molecule has 1 aliphatic heterocycles. The molecule has 0 bridgehead atoms. The van der Waals surface area contributed by atoms with Crippen molar-refractivity contribution >= 4 is 32.2 Å². The number of hydrogen-bond acceptors (Lipinski definition) is 6. The maximum Gasteiger partial charge on any atom is 0.262 e. The molecular weight excluding hydrogens is 402 g/mol. The average molecular weight is 428 g/mol. The first-order chi connectivity index (χ1) is 14.5. The molecule has 0 spiro atoms. The van der Waals surface area contributed by atoms with Crippen molar-refractivity contribution in [3.63, 3.8) is 0 Å². The van der Waals surface area contributed by atoms with Gasteiger partial charge in [-0.1, -0.05) is 24.3 Å². The predicted molar refractivity (Wildman–Crippen MR) is 119 cm³/mol. The van der Waals surface area contributed by atoms with E-state index in [0.717, 1.165) is 37.3 Å². The van der Waals surface area contributed by atoms with Crippen molar-refractivity contribution < 1.29 is 17.9 Å². The van der Waals surface area contributed by atoms with Gasteiger partial charge in [0.15, 0.2) is 0 Å². The van der Waals surface area contributed by atoms with Gasteiger partial charge in [0.2, 0.25) is 0 Å². The molecule has 0 aliphatic carbocycles. The summed E-state index contributed by atoms with van der Waals surface area (Å²) in [5.74, 6) is 0.952. The van der Waals surface area contributed by atoms with E-state index in [1.807, 2.05) is 30.3 Å². The molecule has 2 N–H and O–H groups in total. The second-order valence-corrected chi connectivity index (χ2v) is 8.69. The minimum atomic E-state index is -3.86. The molecule has 1 heterocycles. The van der Waals surface area contributed by atoms with Crippen LogP contribution in [0.15, 0.2) is 59.5 Å². The first kappa shape index (κ1) is 20.3. The van der Waals surface area contributed by atoms with E-state index in [0.29, 0.717) is 22.6 Å². The van der Waals surface area contributed by atoms with Crippen molar-refractivity contribution in [2.75, 3.05) is 50.0 Å². The number of hydrogen-bond donors (Lipinski definition) is 2. The van der Waals surface area contributed by atoms with Crippen molar-refractivity contribution in [2.45, 2.75) is 4.90 Å². The van der Waals surface area contributed by atoms with Gasteiger partial charge in [0.25, 0.3) is 10.0 Å². The Hall–Kier alpha value is -2.97. The number of methoxy groups -OCH3 is 2. The standard InChI is InChI=1S/C22H25N3O4S/c1-28-16-7-9-21(29-2)19(15-16)24-30(26,27)22-10-8-20(25-13-11-23-12-14-25)17-5-3-4-6-18(17)22/h3-10,15,23-24H,11-14H2,1-2H3. The maximum atomic E-state index is 13.3. The molecule has 0 saturated carbocycles. The number of nitrogens with one attached hydrogen (secondary N) is 2. The molecule has 4 rings (SSSR count). The Bertz CT molecular complexity index is 1160. The molecule has 158 valence electrons. The molecule has 0 aromatic heterocycles. The van der Waals surface area contributed by atoms with E-state index in [1.54, 1.807) is 24.3 Å². The van der Waals surface area contributed by atoms with Gasteiger partial charge >= 0.3 is 0 Å². The van der Waals surface area contributed by atoms with Gasteiger partial charge in [-0.05, 0) is 24.3 Å². The number of rotatable bonds is 6. The Labute approximate surface area is 176 Å². The van der Waals surface area contributed by atoms with Gasteiger partial charge in [0.05, 0.1) is 24.8 Å². The highest BCUT2D eigenvalue weighted by atomic mass is 32.2. The molecule has 1 saturated heterocycles. The van der Waals surface area contributed by atoms with Crippen LogP contribution in [-0.2, 0) is 10.0 Å². The second-order valence-electron chi connectivity index (χ2n) is 7.04. The van der Waals surface area contributed by atoms with E-state index < -0.39 is 10.0 Å². The highest BCUT2D eigenvalue weighted by molar-refractivity contribution is 7.93. The molecule has 7 nitrogen and oxygen atoms in total. The van der Waals surface area contributed by atoms with Gasteiger partial charge in [-0.2, -0.15) is 0 Å². The summed E-state index contributed by atoms with van der Waals surface area (Å²) in [5, 5.41) is 4.95. The topological polar surface area (TPSA) is 79.9 Å². The zero-order valence-corrected chi connectivity index (χ0v) is 17.8. The van der Waals surface area contributed by atoms with Crippen LogP contribution in [0.4, 0.5) is 11.4 Å². The van der Waals surface area contributed by atoms with Crippen LogP contribution in [0.3, 0.4) is 0 Å². The van der Waals surface area contributed by atoms with E-state index >= 15 is 0 Å². The summed E-state index contributed by atoms with van der Waals surface area (Å²) < 4.78 is 39.9. The van der Waals surface area contributed by atoms with Crippen LogP contribution in [0.5, 0.6) is 11.5 Å².